The van der Waals surface area contributed by atoms with Crippen LogP contribution in [-0.4, -0.2) is 30.6 Å². The number of rotatable bonds is 4. The lowest BCUT2D eigenvalue weighted by Gasteiger charge is -2.41. The summed E-state index contributed by atoms with van der Waals surface area (Å²) in [6, 6.07) is 10.2. The van der Waals surface area contributed by atoms with Gasteiger partial charge in [0.25, 0.3) is 0 Å². The first-order valence-electron chi connectivity index (χ1n) is 8.63. The maximum absolute atomic E-state index is 3.90. The summed E-state index contributed by atoms with van der Waals surface area (Å²) in [5.74, 6) is 0. The van der Waals surface area contributed by atoms with E-state index in [9.17, 15) is 0 Å². The Morgan fingerprint density at radius 1 is 1.24 bits per heavy atom. The van der Waals surface area contributed by atoms with Gasteiger partial charge in [-0.3, -0.25) is 4.90 Å². The first-order chi connectivity index (χ1) is 10.1. The van der Waals surface area contributed by atoms with Crippen molar-refractivity contribution in [2.75, 3.05) is 19.6 Å². The average molecular weight is 286 g/mol. The van der Waals surface area contributed by atoms with Crippen molar-refractivity contribution in [2.45, 2.75) is 58.5 Å². The zero-order valence-electron chi connectivity index (χ0n) is 13.9. The number of hydrogen-bond donors (Lipinski definition) is 1. The SMILES string of the molecule is CC(CNC1c2ccccc2CCC1(C)C)N1CCCC1. The van der Waals surface area contributed by atoms with Crippen molar-refractivity contribution < 1.29 is 0 Å². The van der Waals surface area contributed by atoms with Gasteiger partial charge in [-0.15, -0.1) is 0 Å². The average Bonchev–Trinajstić information content (AvgIpc) is 3.00. The third-order valence-corrected chi connectivity index (χ3v) is 5.57. The summed E-state index contributed by atoms with van der Waals surface area (Å²) in [5.41, 5.74) is 3.42. The van der Waals surface area contributed by atoms with Crippen LogP contribution >= 0.6 is 0 Å². The molecule has 2 heteroatoms. The molecule has 2 aliphatic rings. The summed E-state index contributed by atoms with van der Waals surface area (Å²) in [7, 11) is 0. The zero-order chi connectivity index (χ0) is 14.9. The topological polar surface area (TPSA) is 15.3 Å². The lowest BCUT2D eigenvalue weighted by Crippen LogP contribution is -2.44. The molecule has 1 aromatic carbocycles. The van der Waals surface area contributed by atoms with Crippen molar-refractivity contribution >= 4 is 0 Å². The molecule has 3 rings (SSSR count). The monoisotopic (exact) mass is 286 g/mol. The first-order valence-corrected chi connectivity index (χ1v) is 8.63. The summed E-state index contributed by atoms with van der Waals surface area (Å²) >= 11 is 0. The van der Waals surface area contributed by atoms with Gasteiger partial charge < -0.3 is 5.32 Å². The largest absolute Gasteiger partial charge is 0.308 e. The van der Waals surface area contributed by atoms with Crippen molar-refractivity contribution in [1.29, 1.82) is 0 Å². The van der Waals surface area contributed by atoms with Gasteiger partial charge in [0.1, 0.15) is 0 Å². The van der Waals surface area contributed by atoms with E-state index in [1.165, 1.54) is 44.3 Å². The van der Waals surface area contributed by atoms with E-state index in [2.05, 4.69) is 55.3 Å². The number of aryl methyl sites for hydroxylation is 1. The Bertz CT molecular complexity index is 474. The van der Waals surface area contributed by atoms with Crippen LogP contribution < -0.4 is 5.32 Å². The second kappa shape index (κ2) is 6.10. The van der Waals surface area contributed by atoms with Crippen molar-refractivity contribution in [1.82, 2.24) is 10.2 Å². The Hall–Kier alpha value is -0.860. The van der Waals surface area contributed by atoms with Crippen molar-refractivity contribution in [3.05, 3.63) is 35.4 Å². The number of fused-ring (bicyclic) bond motifs is 1. The third-order valence-electron chi connectivity index (χ3n) is 5.57. The molecule has 1 aliphatic carbocycles. The van der Waals surface area contributed by atoms with Crippen LogP contribution in [0.3, 0.4) is 0 Å². The van der Waals surface area contributed by atoms with Gasteiger partial charge in [0.15, 0.2) is 0 Å². The minimum atomic E-state index is 0.346. The molecular weight excluding hydrogens is 256 g/mol. The van der Waals surface area contributed by atoms with Crippen LogP contribution in [0.5, 0.6) is 0 Å². The van der Waals surface area contributed by atoms with Crippen LogP contribution in [-0.2, 0) is 6.42 Å². The fourth-order valence-corrected chi connectivity index (χ4v) is 4.05. The molecule has 1 heterocycles. The highest BCUT2D eigenvalue weighted by Crippen LogP contribution is 2.43. The molecule has 0 amide bonds. The van der Waals surface area contributed by atoms with Crippen molar-refractivity contribution in [3.8, 4) is 0 Å². The van der Waals surface area contributed by atoms with E-state index in [0.717, 1.165) is 6.54 Å². The number of nitrogens with zero attached hydrogens (tertiary/aromatic N) is 1. The Morgan fingerprint density at radius 3 is 2.71 bits per heavy atom. The molecule has 1 N–H and O–H groups in total. The van der Waals surface area contributed by atoms with Crippen molar-refractivity contribution in [3.63, 3.8) is 0 Å². The summed E-state index contributed by atoms with van der Waals surface area (Å²) in [6.45, 7) is 10.9. The van der Waals surface area contributed by atoms with E-state index in [0.29, 0.717) is 17.5 Å². The highest BCUT2D eigenvalue weighted by Gasteiger charge is 2.35. The molecule has 2 unspecified atom stereocenters. The Kier molecular flexibility index (Phi) is 4.37. The highest BCUT2D eigenvalue weighted by atomic mass is 15.2. The fourth-order valence-electron chi connectivity index (χ4n) is 4.05. The van der Waals surface area contributed by atoms with Gasteiger partial charge in [0, 0.05) is 18.6 Å². The standard InChI is InChI=1S/C19H30N2/c1-15(21-12-6-7-13-21)14-20-18-17-9-5-4-8-16(17)10-11-19(18,2)3/h4-5,8-9,15,18,20H,6-7,10-14H2,1-3H3. The quantitative estimate of drug-likeness (QED) is 0.906. The normalized spacial score (nSPS) is 26.5. The highest BCUT2D eigenvalue weighted by molar-refractivity contribution is 5.34. The van der Waals surface area contributed by atoms with E-state index < -0.39 is 0 Å². The number of nitrogens with one attached hydrogen (secondary N) is 1. The summed E-state index contributed by atoms with van der Waals surface area (Å²) < 4.78 is 0. The van der Waals surface area contributed by atoms with E-state index in [-0.39, 0.29) is 0 Å². The molecular formula is C19H30N2. The molecule has 116 valence electrons. The van der Waals surface area contributed by atoms with Crippen LogP contribution in [0, 0.1) is 5.41 Å². The molecule has 0 aromatic heterocycles. The second-order valence-corrected chi connectivity index (χ2v) is 7.62. The number of likely N-dealkylation sites (tertiary alicyclic amines) is 1. The smallest absolute Gasteiger partial charge is 0.0375 e. The predicted octanol–water partition coefficient (Wildman–Crippen LogP) is 3.77. The Morgan fingerprint density at radius 2 is 1.95 bits per heavy atom. The molecule has 0 radical (unpaired) electrons. The maximum atomic E-state index is 3.90. The van der Waals surface area contributed by atoms with Gasteiger partial charge >= 0.3 is 0 Å². The summed E-state index contributed by atoms with van der Waals surface area (Å²) in [6.07, 6.45) is 5.26. The van der Waals surface area contributed by atoms with E-state index in [4.69, 9.17) is 0 Å². The molecule has 2 nitrogen and oxygen atoms in total. The predicted molar refractivity (Wildman–Crippen MR) is 89.6 cm³/mol. The number of benzene rings is 1. The van der Waals surface area contributed by atoms with Gasteiger partial charge in [-0.05, 0) is 62.2 Å². The minimum Gasteiger partial charge on any atom is -0.308 e. The Labute approximate surface area is 129 Å². The maximum Gasteiger partial charge on any atom is 0.0375 e. The van der Waals surface area contributed by atoms with Gasteiger partial charge in [-0.1, -0.05) is 38.1 Å². The van der Waals surface area contributed by atoms with E-state index in [1.807, 2.05) is 0 Å². The van der Waals surface area contributed by atoms with E-state index in [1.54, 1.807) is 5.56 Å². The molecule has 21 heavy (non-hydrogen) atoms. The fraction of sp³-hybridized carbons (Fsp3) is 0.684. The molecule has 1 aromatic rings. The van der Waals surface area contributed by atoms with Gasteiger partial charge in [-0.25, -0.2) is 0 Å². The van der Waals surface area contributed by atoms with E-state index >= 15 is 0 Å². The van der Waals surface area contributed by atoms with Gasteiger partial charge in [0.05, 0.1) is 0 Å². The summed E-state index contributed by atoms with van der Waals surface area (Å²) in [4.78, 5) is 2.63. The first kappa shape index (κ1) is 15.1. The van der Waals surface area contributed by atoms with Gasteiger partial charge in [0.2, 0.25) is 0 Å². The van der Waals surface area contributed by atoms with Crippen LogP contribution in [0.25, 0.3) is 0 Å². The minimum absolute atomic E-state index is 0.346. The zero-order valence-corrected chi connectivity index (χ0v) is 13.9. The number of hydrogen-bond acceptors (Lipinski definition) is 2. The van der Waals surface area contributed by atoms with Crippen LogP contribution in [0.4, 0.5) is 0 Å². The Balaban J connectivity index is 1.70. The second-order valence-electron chi connectivity index (χ2n) is 7.62. The molecule has 0 bridgehead atoms. The molecule has 0 spiro atoms. The summed E-state index contributed by atoms with van der Waals surface area (Å²) in [5, 5.41) is 3.90. The van der Waals surface area contributed by atoms with Crippen LogP contribution in [0.1, 0.15) is 57.2 Å². The van der Waals surface area contributed by atoms with Crippen LogP contribution in [0.2, 0.25) is 0 Å². The molecule has 1 fully saturated rings. The van der Waals surface area contributed by atoms with Crippen LogP contribution in [0.15, 0.2) is 24.3 Å². The molecule has 0 saturated carbocycles. The lowest BCUT2D eigenvalue weighted by atomic mass is 9.70. The molecule has 1 aliphatic heterocycles. The van der Waals surface area contributed by atoms with Crippen molar-refractivity contribution in [2.24, 2.45) is 5.41 Å². The molecule has 1 saturated heterocycles. The third kappa shape index (κ3) is 3.17. The molecule has 2 atom stereocenters. The lowest BCUT2D eigenvalue weighted by molar-refractivity contribution is 0.183. The van der Waals surface area contributed by atoms with Gasteiger partial charge in [-0.2, -0.15) is 0 Å².